The molecule has 3 rings (SSSR count). The van der Waals surface area contributed by atoms with Gasteiger partial charge in [0.1, 0.15) is 6.26 Å². The van der Waals surface area contributed by atoms with Crippen molar-refractivity contribution in [3.05, 3.63) is 29.5 Å². The monoisotopic (exact) mass is 349 g/mol. The number of aromatic nitrogens is 1. The number of hydrogen-bond donors (Lipinski definition) is 1. The van der Waals surface area contributed by atoms with Gasteiger partial charge in [0.2, 0.25) is 11.8 Å². The molecule has 0 unspecified atom stereocenters. The number of β-amino-alcohol motifs (C(OH)–C–C–N with tert-alkyl or cyclic N) is 1. The summed E-state index contributed by atoms with van der Waals surface area (Å²) >= 11 is 1.57. The van der Waals surface area contributed by atoms with Gasteiger partial charge in [-0.05, 0) is 17.9 Å². The summed E-state index contributed by atoms with van der Waals surface area (Å²) in [6.45, 7) is 5.68. The second kappa shape index (κ2) is 7.92. The van der Waals surface area contributed by atoms with Crippen molar-refractivity contribution >= 4 is 17.2 Å². The number of piperazine rings is 1. The summed E-state index contributed by atoms with van der Waals surface area (Å²) in [5.41, 5.74) is 0.673. The molecule has 1 atom stereocenters. The van der Waals surface area contributed by atoms with Crippen molar-refractivity contribution in [3.8, 4) is 10.8 Å². The predicted octanol–water partition coefficient (Wildman–Crippen LogP) is 1.86. The van der Waals surface area contributed by atoms with Crippen molar-refractivity contribution in [2.75, 3.05) is 32.7 Å². The zero-order valence-electron chi connectivity index (χ0n) is 13.9. The molecule has 0 bridgehead atoms. The largest absolute Gasteiger partial charge is 0.444 e. The molecule has 7 heteroatoms. The van der Waals surface area contributed by atoms with Gasteiger partial charge in [-0.1, -0.05) is 13.0 Å². The average Bonchev–Trinajstić information content (AvgIpc) is 3.26. The van der Waals surface area contributed by atoms with Gasteiger partial charge in [-0.2, -0.15) is 0 Å². The summed E-state index contributed by atoms with van der Waals surface area (Å²) in [5.74, 6) is 0.655. The molecule has 0 aromatic carbocycles. The molecule has 24 heavy (non-hydrogen) atoms. The van der Waals surface area contributed by atoms with Crippen LogP contribution in [0.25, 0.3) is 10.8 Å². The maximum absolute atomic E-state index is 12.4. The maximum Gasteiger partial charge on any atom is 0.236 e. The third kappa shape index (κ3) is 4.23. The van der Waals surface area contributed by atoms with Gasteiger partial charge in [0.25, 0.3) is 0 Å². The Balaban J connectivity index is 1.49. The van der Waals surface area contributed by atoms with E-state index in [-0.39, 0.29) is 18.4 Å². The number of thiophene rings is 1. The summed E-state index contributed by atoms with van der Waals surface area (Å²) in [6.07, 6.45) is 2.32. The van der Waals surface area contributed by atoms with Crippen LogP contribution in [0.5, 0.6) is 0 Å². The normalized spacial score (nSPS) is 17.2. The van der Waals surface area contributed by atoms with Crippen LogP contribution in [0.3, 0.4) is 0 Å². The highest BCUT2D eigenvalue weighted by atomic mass is 32.1. The van der Waals surface area contributed by atoms with Gasteiger partial charge < -0.3 is 14.4 Å². The molecule has 130 valence electrons. The third-order valence-electron chi connectivity index (χ3n) is 4.28. The number of nitrogens with zero attached hydrogens (tertiary/aromatic N) is 3. The van der Waals surface area contributed by atoms with Gasteiger partial charge in [-0.3, -0.25) is 9.69 Å². The standard InChI is InChI=1S/C17H23N3O3S/c1-2-14(21)11-19-5-7-20(8-6-19)16(22)10-13-12-23-17(18-13)15-4-3-9-24-15/h3-4,9,12,14,21H,2,5-8,10-11H2,1H3/t14-/m1/s1. The number of carbonyl (C=O) groups excluding carboxylic acids is 1. The Morgan fingerprint density at radius 2 is 2.21 bits per heavy atom. The molecule has 0 saturated carbocycles. The molecule has 1 aliphatic rings. The maximum atomic E-state index is 12.4. The van der Waals surface area contributed by atoms with E-state index in [0.717, 1.165) is 24.4 Å². The van der Waals surface area contributed by atoms with Gasteiger partial charge >= 0.3 is 0 Å². The lowest BCUT2D eigenvalue weighted by molar-refractivity contribution is -0.132. The fourth-order valence-corrected chi connectivity index (χ4v) is 3.43. The molecule has 3 heterocycles. The van der Waals surface area contributed by atoms with Gasteiger partial charge in [0.15, 0.2) is 0 Å². The second-order valence-corrected chi connectivity index (χ2v) is 6.99. The summed E-state index contributed by atoms with van der Waals surface area (Å²) in [6, 6.07) is 3.90. The Bertz CT molecular complexity index is 648. The molecular weight excluding hydrogens is 326 g/mol. The van der Waals surface area contributed by atoms with E-state index in [9.17, 15) is 9.90 Å². The van der Waals surface area contributed by atoms with Crippen molar-refractivity contribution in [3.63, 3.8) is 0 Å². The van der Waals surface area contributed by atoms with Crippen LogP contribution in [0.4, 0.5) is 0 Å². The van der Waals surface area contributed by atoms with E-state index in [0.29, 0.717) is 31.2 Å². The van der Waals surface area contributed by atoms with E-state index < -0.39 is 0 Å². The fraction of sp³-hybridized carbons (Fsp3) is 0.529. The highest BCUT2D eigenvalue weighted by molar-refractivity contribution is 7.13. The number of rotatable bonds is 6. The molecule has 2 aromatic heterocycles. The van der Waals surface area contributed by atoms with Crippen LogP contribution in [0.2, 0.25) is 0 Å². The first-order valence-electron chi connectivity index (χ1n) is 8.32. The molecule has 6 nitrogen and oxygen atoms in total. The van der Waals surface area contributed by atoms with Crippen LogP contribution in [-0.2, 0) is 11.2 Å². The van der Waals surface area contributed by atoms with E-state index in [1.807, 2.05) is 29.3 Å². The number of aliphatic hydroxyl groups is 1. The van der Waals surface area contributed by atoms with Crippen molar-refractivity contribution in [1.82, 2.24) is 14.8 Å². The average molecular weight is 349 g/mol. The highest BCUT2D eigenvalue weighted by Crippen LogP contribution is 2.23. The predicted molar refractivity (Wildman–Crippen MR) is 92.8 cm³/mol. The fourth-order valence-electron chi connectivity index (χ4n) is 2.78. The molecule has 1 amide bonds. The SMILES string of the molecule is CC[C@@H](O)CN1CCN(C(=O)Cc2coc(-c3cccs3)n2)CC1. The summed E-state index contributed by atoms with van der Waals surface area (Å²) in [7, 11) is 0. The molecule has 0 spiro atoms. The summed E-state index contributed by atoms with van der Waals surface area (Å²) in [5, 5.41) is 11.7. The van der Waals surface area contributed by atoms with Crippen LogP contribution in [0.15, 0.2) is 28.2 Å². The highest BCUT2D eigenvalue weighted by Gasteiger charge is 2.23. The van der Waals surface area contributed by atoms with Gasteiger partial charge in [0, 0.05) is 32.7 Å². The first-order valence-corrected chi connectivity index (χ1v) is 9.20. The molecule has 1 aliphatic heterocycles. The molecule has 2 aromatic rings. The molecule has 0 radical (unpaired) electrons. The number of aliphatic hydroxyl groups excluding tert-OH is 1. The van der Waals surface area contributed by atoms with E-state index in [4.69, 9.17) is 4.42 Å². The van der Waals surface area contributed by atoms with Gasteiger partial charge in [0.05, 0.1) is 23.1 Å². The van der Waals surface area contributed by atoms with Crippen LogP contribution < -0.4 is 0 Å². The van der Waals surface area contributed by atoms with E-state index in [1.165, 1.54) is 0 Å². The Morgan fingerprint density at radius 1 is 1.42 bits per heavy atom. The molecule has 0 aliphatic carbocycles. The topological polar surface area (TPSA) is 69.8 Å². The zero-order chi connectivity index (χ0) is 16.9. The number of amides is 1. The minimum atomic E-state index is -0.280. The Hall–Kier alpha value is -1.70. The van der Waals surface area contributed by atoms with Crippen LogP contribution >= 0.6 is 11.3 Å². The van der Waals surface area contributed by atoms with E-state index >= 15 is 0 Å². The van der Waals surface area contributed by atoms with E-state index in [1.54, 1.807) is 17.6 Å². The van der Waals surface area contributed by atoms with Gasteiger partial charge in [-0.15, -0.1) is 11.3 Å². The molecule has 1 N–H and O–H groups in total. The Morgan fingerprint density at radius 3 is 2.88 bits per heavy atom. The lowest BCUT2D eigenvalue weighted by atomic mass is 10.2. The van der Waals surface area contributed by atoms with Crippen LogP contribution in [-0.4, -0.2) is 64.6 Å². The van der Waals surface area contributed by atoms with Crippen LogP contribution in [0, 0.1) is 0 Å². The smallest absolute Gasteiger partial charge is 0.236 e. The second-order valence-electron chi connectivity index (χ2n) is 6.04. The summed E-state index contributed by atoms with van der Waals surface area (Å²) < 4.78 is 5.46. The van der Waals surface area contributed by atoms with Crippen molar-refractivity contribution < 1.29 is 14.3 Å². The Kier molecular flexibility index (Phi) is 5.65. The lowest BCUT2D eigenvalue weighted by Crippen LogP contribution is -2.50. The number of oxazole rings is 1. The summed E-state index contributed by atoms with van der Waals surface area (Å²) in [4.78, 5) is 21.9. The number of carbonyl (C=O) groups is 1. The first kappa shape index (κ1) is 17.1. The van der Waals surface area contributed by atoms with Crippen molar-refractivity contribution in [2.45, 2.75) is 25.9 Å². The Labute approximate surface area is 145 Å². The first-order chi connectivity index (χ1) is 11.7. The lowest BCUT2D eigenvalue weighted by Gasteiger charge is -2.35. The van der Waals surface area contributed by atoms with Crippen molar-refractivity contribution in [2.24, 2.45) is 0 Å². The zero-order valence-corrected chi connectivity index (χ0v) is 14.7. The van der Waals surface area contributed by atoms with E-state index in [2.05, 4.69) is 9.88 Å². The molecule has 1 fully saturated rings. The molecule has 1 saturated heterocycles. The third-order valence-corrected chi connectivity index (χ3v) is 5.14. The quantitative estimate of drug-likeness (QED) is 0.862. The van der Waals surface area contributed by atoms with Crippen LogP contribution in [0.1, 0.15) is 19.0 Å². The van der Waals surface area contributed by atoms with Gasteiger partial charge in [-0.25, -0.2) is 4.98 Å². The molecular formula is C17H23N3O3S. The minimum absolute atomic E-state index is 0.0803. The number of hydrogen-bond acceptors (Lipinski definition) is 6. The van der Waals surface area contributed by atoms with Crippen molar-refractivity contribution in [1.29, 1.82) is 0 Å². The minimum Gasteiger partial charge on any atom is -0.444 e.